The first-order chi connectivity index (χ1) is 11.9. The van der Waals surface area contributed by atoms with E-state index < -0.39 is 0 Å². The highest BCUT2D eigenvalue weighted by atomic mass is 16.1. The van der Waals surface area contributed by atoms with Gasteiger partial charge < -0.3 is 5.32 Å². The Morgan fingerprint density at radius 2 is 1.92 bits per heavy atom. The molecule has 1 aromatic carbocycles. The smallest absolute Gasteiger partial charge is 0.220 e. The minimum atomic E-state index is 0.0886. The van der Waals surface area contributed by atoms with Gasteiger partial charge in [-0.2, -0.15) is 5.10 Å². The highest BCUT2D eigenvalue weighted by Gasteiger charge is 2.16. The summed E-state index contributed by atoms with van der Waals surface area (Å²) in [5.74, 6) is 0.521. The molecule has 3 rings (SSSR count). The summed E-state index contributed by atoms with van der Waals surface area (Å²) >= 11 is 0. The fraction of sp³-hybridized carbons (Fsp3) is 0.450. The number of fused-ring (bicyclic) bond motifs is 3. The van der Waals surface area contributed by atoms with Crippen molar-refractivity contribution in [3.63, 3.8) is 0 Å². The molecule has 1 N–H and O–H groups in total. The topological polar surface area (TPSA) is 59.3 Å². The van der Waals surface area contributed by atoms with Gasteiger partial charge in [-0.1, -0.05) is 26.0 Å². The number of benzene rings is 1. The van der Waals surface area contributed by atoms with Crippen LogP contribution in [0.15, 0.2) is 24.3 Å². The van der Waals surface area contributed by atoms with Crippen LogP contribution < -0.4 is 5.32 Å². The van der Waals surface area contributed by atoms with Gasteiger partial charge in [0.15, 0.2) is 5.65 Å². The molecular weight excluding hydrogens is 312 g/mol. The third kappa shape index (κ3) is 3.36. The van der Waals surface area contributed by atoms with E-state index in [0.29, 0.717) is 18.8 Å². The van der Waals surface area contributed by atoms with Gasteiger partial charge in [0, 0.05) is 29.2 Å². The van der Waals surface area contributed by atoms with E-state index in [-0.39, 0.29) is 11.9 Å². The third-order valence-corrected chi connectivity index (χ3v) is 5.01. The van der Waals surface area contributed by atoms with E-state index in [1.165, 1.54) is 0 Å². The van der Waals surface area contributed by atoms with E-state index in [9.17, 15) is 4.79 Å². The predicted molar refractivity (Wildman–Crippen MR) is 101 cm³/mol. The van der Waals surface area contributed by atoms with Crippen LogP contribution in [-0.4, -0.2) is 26.5 Å². The van der Waals surface area contributed by atoms with Crippen molar-refractivity contribution in [3.8, 4) is 0 Å². The third-order valence-electron chi connectivity index (χ3n) is 5.01. The maximum absolute atomic E-state index is 12.2. The van der Waals surface area contributed by atoms with E-state index >= 15 is 0 Å². The molecule has 0 saturated heterocycles. The van der Waals surface area contributed by atoms with Gasteiger partial charge in [0.05, 0.1) is 5.52 Å². The summed E-state index contributed by atoms with van der Waals surface area (Å²) in [5.41, 5.74) is 4.96. The van der Waals surface area contributed by atoms with Crippen molar-refractivity contribution in [2.45, 2.75) is 53.5 Å². The van der Waals surface area contributed by atoms with Crippen LogP contribution in [0.3, 0.4) is 0 Å². The Hall–Kier alpha value is -2.43. The van der Waals surface area contributed by atoms with Crippen molar-refractivity contribution < 1.29 is 4.79 Å². The molecule has 0 radical (unpaired) electrons. The second-order valence-corrected chi connectivity index (χ2v) is 7.11. The number of carbonyl (C=O) groups excluding carboxylic acids is 1. The molecule has 25 heavy (non-hydrogen) atoms. The van der Waals surface area contributed by atoms with Crippen LogP contribution in [-0.2, 0) is 11.2 Å². The number of carbonyl (C=O) groups is 1. The quantitative estimate of drug-likeness (QED) is 0.773. The lowest BCUT2D eigenvalue weighted by atomic mass is 10.0. The van der Waals surface area contributed by atoms with Gasteiger partial charge in [0.1, 0.15) is 0 Å². The lowest BCUT2D eigenvalue weighted by Crippen LogP contribution is -2.36. The number of nitrogens with zero attached hydrogens (tertiary/aromatic N) is 3. The van der Waals surface area contributed by atoms with Crippen molar-refractivity contribution in [2.24, 2.45) is 5.92 Å². The molecule has 0 bridgehead atoms. The molecule has 2 aromatic heterocycles. The number of hydrogen-bond acceptors (Lipinski definition) is 3. The van der Waals surface area contributed by atoms with Gasteiger partial charge in [-0.15, -0.1) is 0 Å². The Morgan fingerprint density at radius 1 is 1.20 bits per heavy atom. The van der Waals surface area contributed by atoms with Gasteiger partial charge in [-0.25, -0.2) is 9.50 Å². The van der Waals surface area contributed by atoms with E-state index in [1.54, 1.807) is 0 Å². The molecule has 0 aliphatic heterocycles. The van der Waals surface area contributed by atoms with Crippen molar-refractivity contribution in [3.05, 3.63) is 41.2 Å². The minimum absolute atomic E-state index is 0.0886. The lowest BCUT2D eigenvalue weighted by Gasteiger charge is -2.18. The molecule has 2 heterocycles. The Morgan fingerprint density at radius 3 is 2.64 bits per heavy atom. The Bertz CT molecular complexity index is 926. The number of aromatic nitrogens is 3. The van der Waals surface area contributed by atoms with E-state index in [1.807, 2.05) is 42.6 Å². The van der Waals surface area contributed by atoms with E-state index in [4.69, 9.17) is 4.98 Å². The predicted octanol–water partition coefficient (Wildman–Crippen LogP) is 3.59. The van der Waals surface area contributed by atoms with Crippen molar-refractivity contribution in [1.29, 1.82) is 0 Å². The van der Waals surface area contributed by atoms with Crippen LogP contribution in [0.4, 0.5) is 0 Å². The van der Waals surface area contributed by atoms with Gasteiger partial charge in [-0.3, -0.25) is 4.79 Å². The summed E-state index contributed by atoms with van der Waals surface area (Å²) in [6.45, 7) is 10.3. The summed E-state index contributed by atoms with van der Waals surface area (Å²) < 4.78 is 1.90. The monoisotopic (exact) mass is 338 g/mol. The van der Waals surface area contributed by atoms with Gasteiger partial charge >= 0.3 is 0 Å². The first-order valence-electron chi connectivity index (χ1n) is 8.91. The summed E-state index contributed by atoms with van der Waals surface area (Å²) in [6.07, 6.45) is 1.14. The number of amides is 1. The highest BCUT2D eigenvalue weighted by Crippen LogP contribution is 2.22. The van der Waals surface area contributed by atoms with Crippen LogP contribution in [0, 0.1) is 19.8 Å². The van der Waals surface area contributed by atoms with Gasteiger partial charge in [-0.05, 0) is 50.8 Å². The average molecular weight is 338 g/mol. The molecule has 0 aliphatic rings. The molecule has 3 aromatic rings. The number of aryl methyl sites for hydroxylation is 2. The maximum atomic E-state index is 12.2. The van der Waals surface area contributed by atoms with Crippen molar-refractivity contribution >= 4 is 22.5 Å². The van der Waals surface area contributed by atoms with E-state index in [0.717, 1.165) is 33.5 Å². The minimum Gasteiger partial charge on any atom is -0.353 e. The Labute approximate surface area is 148 Å². The molecule has 0 fully saturated rings. The number of nitrogens with one attached hydrogen (secondary N) is 1. The highest BCUT2D eigenvalue weighted by molar-refractivity contribution is 5.92. The van der Waals surface area contributed by atoms with Crippen LogP contribution in [0.2, 0.25) is 0 Å². The summed E-state index contributed by atoms with van der Waals surface area (Å²) in [6, 6.07) is 8.22. The largest absolute Gasteiger partial charge is 0.353 e. The molecule has 5 heteroatoms. The van der Waals surface area contributed by atoms with Crippen LogP contribution in [0.1, 0.15) is 44.1 Å². The molecule has 5 nitrogen and oxygen atoms in total. The van der Waals surface area contributed by atoms with Crippen LogP contribution in [0.5, 0.6) is 0 Å². The van der Waals surface area contributed by atoms with Crippen LogP contribution in [0.25, 0.3) is 16.6 Å². The van der Waals surface area contributed by atoms with Gasteiger partial charge in [0.25, 0.3) is 0 Å². The summed E-state index contributed by atoms with van der Waals surface area (Å²) in [5, 5.41) is 8.79. The number of rotatable bonds is 5. The summed E-state index contributed by atoms with van der Waals surface area (Å²) in [7, 11) is 0. The molecule has 1 amide bonds. The SMILES string of the molecule is Cc1nc2c3ccccc3nn2c(C)c1CCC(=O)NC(C)C(C)C. The zero-order chi connectivity index (χ0) is 18.1. The number of hydrogen-bond donors (Lipinski definition) is 1. The van der Waals surface area contributed by atoms with Crippen molar-refractivity contribution in [1.82, 2.24) is 19.9 Å². The first kappa shape index (κ1) is 17.4. The van der Waals surface area contributed by atoms with E-state index in [2.05, 4.69) is 31.2 Å². The average Bonchev–Trinajstić information content (AvgIpc) is 2.93. The second kappa shape index (κ2) is 6.82. The second-order valence-electron chi connectivity index (χ2n) is 7.11. The summed E-state index contributed by atoms with van der Waals surface area (Å²) in [4.78, 5) is 17.0. The zero-order valence-electron chi connectivity index (χ0n) is 15.6. The molecule has 0 aliphatic carbocycles. The lowest BCUT2D eigenvalue weighted by molar-refractivity contribution is -0.121. The Kier molecular flexibility index (Phi) is 4.75. The maximum Gasteiger partial charge on any atom is 0.220 e. The Balaban J connectivity index is 1.87. The molecule has 1 atom stereocenters. The van der Waals surface area contributed by atoms with Crippen molar-refractivity contribution in [2.75, 3.05) is 0 Å². The molecule has 132 valence electrons. The molecular formula is C20H26N4O. The molecule has 1 unspecified atom stereocenters. The zero-order valence-corrected chi connectivity index (χ0v) is 15.6. The first-order valence-corrected chi connectivity index (χ1v) is 8.91. The standard InChI is InChI=1S/C20H26N4O/c1-12(2)13(3)21-19(25)11-10-16-14(4)22-20-17-8-6-7-9-18(17)23-24(20)15(16)5/h6-9,12-13H,10-11H2,1-5H3,(H,21,25). The fourth-order valence-corrected chi connectivity index (χ4v) is 3.07. The normalized spacial score (nSPS) is 12.9. The molecule has 0 saturated carbocycles. The fourth-order valence-electron chi connectivity index (χ4n) is 3.07. The van der Waals surface area contributed by atoms with Crippen LogP contribution >= 0.6 is 0 Å². The molecule has 0 spiro atoms. The van der Waals surface area contributed by atoms with Gasteiger partial charge in [0.2, 0.25) is 5.91 Å².